The zero-order chi connectivity index (χ0) is 12.3. The average molecular weight is 229 g/mol. The van der Waals surface area contributed by atoms with Gasteiger partial charge < -0.3 is 10.6 Å². The molecule has 0 atom stereocenters. The minimum Gasteiger partial charge on any atom is -0.351 e. The van der Waals surface area contributed by atoms with Crippen LogP contribution in [0.5, 0.6) is 0 Å². The molecule has 1 aliphatic rings. The van der Waals surface area contributed by atoms with E-state index in [1.807, 2.05) is 18.2 Å². The van der Waals surface area contributed by atoms with E-state index in [-0.39, 0.29) is 18.2 Å². The molecular formula is C12H11N3O2. The third-order valence-corrected chi connectivity index (χ3v) is 2.52. The van der Waals surface area contributed by atoms with Crippen molar-refractivity contribution in [1.82, 2.24) is 5.32 Å². The number of hydrogen-bond donors (Lipinski definition) is 2. The smallest absolute Gasteiger partial charge is 0.234 e. The van der Waals surface area contributed by atoms with Crippen LogP contribution in [0.1, 0.15) is 17.5 Å². The molecule has 5 nitrogen and oxygen atoms in total. The molecule has 0 unspecified atom stereocenters. The van der Waals surface area contributed by atoms with Gasteiger partial charge in [0.1, 0.15) is 6.42 Å². The fraction of sp³-hybridized carbons (Fsp3) is 0.250. The Morgan fingerprint density at radius 3 is 3.12 bits per heavy atom. The summed E-state index contributed by atoms with van der Waals surface area (Å²) in [5, 5.41) is 13.7. The van der Waals surface area contributed by atoms with Crippen molar-refractivity contribution in [1.29, 1.82) is 5.26 Å². The maximum absolute atomic E-state index is 11.1. The average Bonchev–Trinajstić information content (AvgIpc) is 2.66. The summed E-state index contributed by atoms with van der Waals surface area (Å²) in [6.07, 6.45) is 0.250. The van der Waals surface area contributed by atoms with E-state index in [4.69, 9.17) is 5.26 Å². The highest BCUT2D eigenvalue weighted by Gasteiger charge is 2.17. The van der Waals surface area contributed by atoms with Gasteiger partial charge in [0.05, 0.1) is 12.5 Å². The maximum atomic E-state index is 11.1. The van der Waals surface area contributed by atoms with Gasteiger partial charge in [-0.1, -0.05) is 12.1 Å². The predicted octanol–water partition coefficient (Wildman–Crippen LogP) is 0.711. The summed E-state index contributed by atoms with van der Waals surface area (Å²) >= 11 is 0. The first-order chi connectivity index (χ1) is 8.19. The van der Waals surface area contributed by atoms with Crippen molar-refractivity contribution in [3.05, 3.63) is 29.3 Å². The van der Waals surface area contributed by atoms with Gasteiger partial charge in [0.2, 0.25) is 11.8 Å². The normalized spacial score (nSPS) is 12.5. The van der Waals surface area contributed by atoms with Crippen molar-refractivity contribution < 1.29 is 9.59 Å². The summed E-state index contributed by atoms with van der Waals surface area (Å²) in [4.78, 5) is 22.2. The van der Waals surface area contributed by atoms with Crippen LogP contribution in [0.3, 0.4) is 0 Å². The Morgan fingerprint density at radius 1 is 1.53 bits per heavy atom. The Labute approximate surface area is 98.4 Å². The third kappa shape index (κ3) is 2.61. The number of anilines is 1. The van der Waals surface area contributed by atoms with E-state index < -0.39 is 0 Å². The first-order valence-corrected chi connectivity index (χ1v) is 5.24. The molecule has 5 heteroatoms. The van der Waals surface area contributed by atoms with Crippen LogP contribution >= 0.6 is 0 Å². The predicted molar refractivity (Wildman–Crippen MR) is 60.9 cm³/mol. The van der Waals surface area contributed by atoms with Gasteiger partial charge in [-0.25, -0.2) is 0 Å². The maximum Gasteiger partial charge on any atom is 0.234 e. The molecule has 17 heavy (non-hydrogen) atoms. The number of hydrogen-bond acceptors (Lipinski definition) is 3. The summed E-state index contributed by atoms with van der Waals surface area (Å²) < 4.78 is 0. The van der Waals surface area contributed by atoms with Crippen molar-refractivity contribution in [2.45, 2.75) is 19.4 Å². The van der Waals surface area contributed by atoms with Crippen molar-refractivity contribution in [3.8, 4) is 6.07 Å². The summed E-state index contributed by atoms with van der Waals surface area (Å²) in [5.74, 6) is -0.298. The van der Waals surface area contributed by atoms with Crippen molar-refractivity contribution in [2.75, 3.05) is 5.32 Å². The molecule has 2 rings (SSSR count). The van der Waals surface area contributed by atoms with E-state index in [0.29, 0.717) is 13.0 Å². The van der Waals surface area contributed by atoms with E-state index in [1.54, 1.807) is 6.07 Å². The molecule has 0 aromatic heterocycles. The van der Waals surface area contributed by atoms with Crippen LogP contribution in [-0.2, 0) is 22.6 Å². The second kappa shape index (κ2) is 4.66. The fourth-order valence-corrected chi connectivity index (χ4v) is 1.73. The number of fused-ring (bicyclic) bond motifs is 1. The fourth-order valence-electron chi connectivity index (χ4n) is 1.73. The van der Waals surface area contributed by atoms with Crippen LogP contribution in [0.4, 0.5) is 5.69 Å². The molecule has 1 aromatic rings. The summed E-state index contributed by atoms with van der Waals surface area (Å²) in [7, 11) is 0. The molecule has 2 amide bonds. The van der Waals surface area contributed by atoms with Gasteiger partial charge in [0, 0.05) is 12.2 Å². The van der Waals surface area contributed by atoms with Gasteiger partial charge in [-0.2, -0.15) is 5.26 Å². The Hall–Kier alpha value is -2.35. The van der Waals surface area contributed by atoms with Gasteiger partial charge in [0.15, 0.2) is 0 Å². The monoisotopic (exact) mass is 229 g/mol. The topological polar surface area (TPSA) is 82.0 Å². The Morgan fingerprint density at radius 2 is 2.35 bits per heavy atom. The van der Waals surface area contributed by atoms with Crippen molar-refractivity contribution in [2.24, 2.45) is 0 Å². The molecule has 0 radical (unpaired) electrons. The SMILES string of the molecule is N#CCC(=O)NCc1ccc2c(c1)CC(=O)N2. The summed E-state index contributed by atoms with van der Waals surface area (Å²) in [6, 6.07) is 7.34. The zero-order valence-electron chi connectivity index (χ0n) is 9.12. The minimum absolute atomic E-state index is 0.00864. The van der Waals surface area contributed by atoms with E-state index in [9.17, 15) is 9.59 Å². The molecule has 2 N–H and O–H groups in total. The van der Waals surface area contributed by atoms with Crippen molar-refractivity contribution in [3.63, 3.8) is 0 Å². The minimum atomic E-state index is -0.290. The first kappa shape index (κ1) is 11.1. The van der Waals surface area contributed by atoms with E-state index in [0.717, 1.165) is 16.8 Å². The summed E-state index contributed by atoms with van der Waals surface area (Å²) in [6.45, 7) is 0.377. The zero-order valence-corrected chi connectivity index (χ0v) is 9.12. The molecular weight excluding hydrogens is 218 g/mol. The van der Waals surface area contributed by atoms with Crippen LogP contribution in [-0.4, -0.2) is 11.8 Å². The molecule has 1 aliphatic heterocycles. The van der Waals surface area contributed by atoms with Crippen LogP contribution < -0.4 is 10.6 Å². The number of carbonyl (C=O) groups is 2. The Kier molecular flexibility index (Phi) is 3.06. The molecule has 0 spiro atoms. The van der Waals surface area contributed by atoms with Crippen LogP contribution in [0.15, 0.2) is 18.2 Å². The Balaban J connectivity index is 2.00. The first-order valence-electron chi connectivity index (χ1n) is 5.24. The van der Waals surface area contributed by atoms with E-state index in [2.05, 4.69) is 10.6 Å². The molecule has 0 bridgehead atoms. The highest BCUT2D eigenvalue weighted by Crippen LogP contribution is 2.23. The third-order valence-electron chi connectivity index (χ3n) is 2.52. The van der Waals surface area contributed by atoms with Gasteiger partial charge >= 0.3 is 0 Å². The lowest BCUT2D eigenvalue weighted by Crippen LogP contribution is -2.21. The number of carbonyl (C=O) groups excluding carboxylic acids is 2. The van der Waals surface area contributed by atoms with Crippen molar-refractivity contribution >= 4 is 17.5 Å². The Bertz CT molecular complexity index is 517. The lowest BCUT2D eigenvalue weighted by molar-refractivity contribution is -0.120. The molecule has 1 heterocycles. The molecule has 0 fully saturated rings. The lowest BCUT2D eigenvalue weighted by atomic mass is 10.1. The van der Waals surface area contributed by atoms with E-state index >= 15 is 0 Å². The van der Waals surface area contributed by atoms with Gasteiger partial charge in [-0.15, -0.1) is 0 Å². The highest BCUT2D eigenvalue weighted by molar-refractivity contribution is 5.99. The van der Waals surface area contributed by atoms with Crippen LogP contribution in [0, 0.1) is 11.3 Å². The quantitative estimate of drug-likeness (QED) is 0.800. The number of nitrogens with zero attached hydrogens (tertiary/aromatic N) is 1. The number of benzene rings is 1. The lowest BCUT2D eigenvalue weighted by Gasteiger charge is -2.05. The number of nitrogens with one attached hydrogen (secondary N) is 2. The largest absolute Gasteiger partial charge is 0.351 e. The van der Waals surface area contributed by atoms with Gasteiger partial charge in [-0.3, -0.25) is 9.59 Å². The second-order valence-corrected chi connectivity index (χ2v) is 3.83. The van der Waals surface area contributed by atoms with Crippen LogP contribution in [0.2, 0.25) is 0 Å². The van der Waals surface area contributed by atoms with Crippen LogP contribution in [0.25, 0.3) is 0 Å². The summed E-state index contributed by atoms with van der Waals surface area (Å²) in [5.41, 5.74) is 2.70. The second-order valence-electron chi connectivity index (χ2n) is 3.83. The standard InChI is InChI=1S/C12H11N3O2/c13-4-3-11(16)14-7-8-1-2-10-9(5-8)6-12(17)15-10/h1-2,5H,3,6-7H2,(H,14,16)(H,15,17). The van der Waals surface area contributed by atoms with Gasteiger partial charge in [0.25, 0.3) is 0 Å². The molecule has 1 aromatic carbocycles. The van der Waals surface area contributed by atoms with Gasteiger partial charge in [-0.05, 0) is 17.2 Å². The van der Waals surface area contributed by atoms with E-state index in [1.165, 1.54) is 0 Å². The molecule has 0 saturated heterocycles. The molecule has 0 saturated carbocycles. The molecule has 0 aliphatic carbocycles. The highest BCUT2D eigenvalue weighted by atomic mass is 16.2. The number of amides is 2. The number of rotatable bonds is 3. The molecule has 86 valence electrons. The number of nitriles is 1.